The predicted molar refractivity (Wildman–Crippen MR) is 72.4 cm³/mol. The van der Waals surface area contributed by atoms with Gasteiger partial charge in [-0.15, -0.1) is 0 Å². The Balaban J connectivity index is 3.97. The summed E-state index contributed by atoms with van der Waals surface area (Å²) < 4.78 is 10.9. The van der Waals surface area contributed by atoms with Gasteiger partial charge < -0.3 is 16.4 Å². The fraction of sp³-hybridized carbons (Fsp3) is 0.818. The molecule has 3 atom stereocenters. The van der Waals surface area contributed by atoms with Crippen LogP contribution in [0.25, 0.3) is 0 Å². The van der Waals surface area contributed by atoms with Gasteiger partial charge in [0, 0.05) is 28.9 Å². The summed E-state index contributed by atoms with van der Waals surface area (Å²) in [6.07, 6.45) is 1.58. The monoisotopic (exact) mass is 277 g/mol. The van der Waals surface area contributed by atoms with Gasteiger partial charge in [0.25, 0.3) is 0 Å². The molecule has 0 saturated heterocycles. The van der Waals surface area contributed by atoms with Gasteiger partial charge in [-0.25, -0.2) is 0 Å². The van der Waals surface area contributed by atoms with E-state index in [4.69, 9.17) is 5.73 Å². The molecule has 0 aromatic rings. The highest BCUT2D eigenvalue weighted by atomic mass is 32.2. The molecule has 0 aliphatic carbocycles. The Bertz CT molecular complexity index is 321. The van der Waals surface area contributed by atoms with E-state index in [0.29, 0.717) is 5.75 Å². The number of nitrogens with two attached hydrogens (primary N) is 1. The van der Waals surface area contributed by atoms with Crippen molar-refractivity contribution >= 4 is 22.6 Å². The zero-order valence-electron chi connectivity index (χ0n) is 11.4. The van der Waals surface area contributed by atoms with Crippen LogP contribution in [0.5, 0.6) is 0 Å². The van der Waals surface area contributed by atoms with Crippen LogP contribution in [0.3, 0.4) is 0 Å². The first-order valence-corrected chi connectivity index (χ1v) is 7.59. The predicted octanol–water partition coefficient (Wildman–Crippen LogP) is -1.03. The molecule has 2 unspecified atom stereocenters. The third kappa shape index (κ3) is 7.39. The number of nitrogens with one attached hydrogen (secondary N) is 2. The minimum atomic E-state index is -0.960. The van der Waals surface area contributed by atoms with Gasteiger partial charge in [-0.2, -0.15) is 0 Å². The lowest BCUT2D eigenvalue weighted by atomic mass is 10.1. The van der Waals surface area contributed by atoms with Gasteiger partial charge >= 0.3 is 0 Å². The molecule has 4 N–H and O–H groups in total. The molecule has 6 nitrogen and oxygen atoms in total. The third-order valence-electron chi connectivity index (χ3n) is 2.34. The fourth-order valence-electron chi connectivity index (χ4n) is 1.31. The van der Waals surface area contributed by atoms with Crippen molar-refractivity contribution < 1.29 is 13.8 Å². The number of carbonyl (C=O) groups is 2. The van der Waals surface area contributed by atoms with Crippen molar-refractivity contribution in [3.8, 4) is 0 Å². The molecule has 0 fully saturated rings. The molecule has 0 heterocycles. The van der Waals surface area contributed by atoms with Gasteiger partial charge in [0.2, 0.25) is 11.8 Å². The summed E-state index contributed by atoms with van der Waals surface area (Å²) in [7, 11) is -0.960. The summed E-state index contributed by atoms with van der Waals surface area (Å²) in [5.74, 6) is -0.232. The third-order valence-corrected chi connectivity index (χ3v) is 3.31. The average Bonchev–Trinajstić information content (AvgIpc) is 2.23. The van der Waals surface area contributed by atoms with E-state index in [9.17, 15) is 13.8 Å². The van der Waals surface area contributed by atoms with Crippen molar-refractivity contribution in [2.45, 2.75) is 32.9 Å². The largest absolute Gasteiger partial charge is 0.351 e. The van der Waals surface area contributed by atoms with Crippen LogP contribution < -0.4 is 16.4 Å². The lowest BCUT2D eigenvalue weighted by Gasteiger charge is -2.16. The summed E-state index contributed by atoms with van der Waals surface area (Å²) in [5.41, 5.74) is 5.63. The molecule has 106 valence electrons. The van der Waals surface area contributed by atoms with Crippen molar-refractivity contribution in [3.05, 3.63) is 0 Å². The quantitative estimate of drug-likeness (QED) is 0.554. The number of hydrogen-bond acceptors (Lipinski definition) is 4. The first kappa shape index (κ1) is 17.1. The van der Waals surface area contributed by atoms with E-state index in [0.717, 1.165) is 0 Å². The van der Waals surface area contributed by atoms with Crippen LogP contribution in [0.4, 0.5) is 0 Å². The highest BCUT2D eigenvalue weighted by Gasteiger charge is 2.18. The Hall–Kier alpha value is -0.950. The van der Waals surface area contributed by atoms with Crippen LogP contribution in [0.15, 0.2) is 0 Å². The lowest BCUT2D eigenvalue weighted by molar-refractivity contribution is -0.127. The Morgan fingerprint density at radius 1 is 1.28 bits per heavy atom. The van der Waals surface area contributed by atoms with Crippen LogP contribution in [0.2, 0.25) is 0 Å². The van der Waals surface area contributed by atoms with Crippen LogP contribution in [-0.2, 0) is 20.4 Å². The maximum Gasteiger partial charge on any atom is 0.239 e. The van der Waals surface area contributed by atoms with E-state index in [1.165, 1.54) is 0 Å². The standard InChI is InChI=1S/C11H23N3O3S/c1-7(2)10(12)11(16)13-5-9(15)14-8(3)6-18(4)17/h7-8,10H,5-6,12H2,1-4H3,(H,13,16)(H,14,15)/t8?,10-,18?/m0/s1. The molecule has 0 bridgehead atoms. The second kappa shape index (κ2) is 8.20. The smallest absolute Gasteiger partial charge is 0.239 e. The molecule has 0 aliphatic rings. The SMILES string of the molecule is CC(CS(C)=O)NC(=O)CNC(=O)[C@@H](N)C(C)C. The number of rotatable bonds is 7. The Labute approximate surface area is 111 Å². The van der Waals surface area contributed by atoms with E-state index in [1.807, 2.05) is 13.8 Å². The van der Waals surface area contributed by atoms with E-state index in [-0.39, 0.29) is 30.3 Å². The van der Waals surface area contributed by atoms with Crippen molar-refractivity contribution in [2.24, 2.45) is 11.7 Å². The zero-order valence-corrected chi connectivity index (χ0v) is 12.2. The van der Waals surface area contributed by atoms with Crippen LogP contribution >= 0.6 is 0 Å². The van der Waals surface area contributed by atoms with Crippen molar-refractivity contribution in [1.29, 1.82) is 0 Å². The van der Waals surface area contributed by atoms with E-state index in [2.05, 4.69) is 10.6 Å². The summed E-state index contributed by atoms with van der Waals surface area (Å²) in [4.78, 5) is 23.0. The van der Waals surface area contributed by atoms with E-state index < -0.39 is 16.8 Å². The minimum Gasteiger partial charge on any atom is -0.351 e. The van der Waals surface area contributed by atoms with Gasteiger partial charge in [0.05, 0.1) is 12.6 Å². The Kier molecular flexibility index (Phi) is 7.77. The summed E-state index contributed by atoms with van der Waals surface area (Å²) >= 11 is 0. The highest BCUT2D eigenvalue weighted by molar-refractivity contribution is 7.84. The van der Waals surface area contributed by atoms with E-state index in [1.54, 1.807) is 13.2 Å². The van der Waals surface area contributed by atoms with Crippen LogP contribution in [0, 0.1) is 5.92 Å². The minimum absolute atomic E-state index is 0.0227. The number of amides is 2. The molecule has 0 aromatic heterocycles. The topological polar surface area (TPSA) is 101 Å². The van der Waals surface area contributed by atoms with Gasteiger partial charge in [0.15, 0.2) is 0 Å². The van der Waals surface area contributed by atoms with Crippen molar-refractivity contribution in [1.82, 2.24) is 10.6 Å². The lowest BCUT2D eigenvalue weighted by Crippen LogP contribution is -2.48. The highest BCUT2D eigenvalue weighted by Crippen LogP contribution is 1.97. The maximum absolute atomic E-state index is 11.5. The molecular formula is C11H23N3O3S. The summed E-state index contributed by atoms with van der Waals surface area (Å²) in [5, 5.41) is 5.12. The molecule has 18 heavy (non-hydrogen) atoms. The molecule has 7 heteroatoms. The summed E-state index contributed by atoms with van der Waals surface area (Å²) in [6.45, 7) is 5.33. The maximum atomic E-state index is 11.5. The van der Waals surface area contributed by atoms with Gasteiger partial charge in [0.1, 0.15) is 0 Å². The molecular weight excluding hydrogens is 254 g/mol. The number of hydrogen-bond donors (Lipinski definition) is 3. The normalized spacial score (nSPS) is 15.9. The van der Waals surface area contributed by atoms with Crippen LogP contribution in [-0.4, -0.2) is 46.7 Å². The second-order valence-electron chi connectivity index (χ2n) is 4.70. The van der Waals surface area contributed by atoms with Crippen molar-refractivity contribution in [3.63, 3.8) is 0 Å². The molecule has 0 aromatic carbocycles. The first-order valence-electron chi connectivity index (χ1n) is 5.86. The first-order chi connectivity index (χ1) is 8.23. The molecule has 0 saturated carbocycles. The van der Waals surface area contributed by atoms with Gasteiger partial charge in [-0.05, 0) is 12.8 Å². The molecule has 0 aliphatic heterocycles. The zero-order chi connectivity index (χ0) is 14.3. The molecule has 0 spiro atoms. The Morgan fingerprint density at radius 3 is 2.28 bits per heavy atom. The van der Waals surface area contributed by atoms with E-state index >= 15 is 0 Å². The van der Waals surface area contributed by atoms with Crippen LogP contribution in [0.1, 0.15) is 20.8 Å². The van der Waals surface area contributed by atoms with Gasteiger partial charge in [-0.3, -0.25) is 13.8 Å². The average molecular weight is 277 g/mol. The number of carbonyl (C=O) groups excluding carboxylic acids is 2. The van der Waals surface area contributed by atoms with Crippen molar-refractivity contribution in [2.75, 3.05) is 18.6 Å². The second-order valence-corrected chi connectivity index (χ2v) is 6.18. The molecule has 0 rings (SSSR count). The Morgan fingerprint density at radius 2 is 1.83 bits per heavy atom. The molecule has 0 radical (unpaired) electrons. The molecule has 2 amide bonds. The summed E-state index contributed by atoms with van der Waals surface area (Å²) in [6, 6.07) is -0.794. The van der Waals surface area contributed by atoms with Gasteiger partial charge in [-0.1, -0.05) is 13.8 Å². The fourth-order valence-corrected chi connectivity index (χ4v) is 2.10.